The van der Waals surface area contributed by atoms with Gasteiger partial charge >= 0.3 is 5.97 Å². The Hall–Kier alpha value is -6.29. The Labute approximate surface area is 298 Å². The molecule has 0 radical (unpaired) electrons. The number of ether oxygens (including phenoxy) is 1. The minimum Gasteiger partial charge on any atom is -0.507 e. The van der Waals surface area contributed by atoms with Gasteiger partial charge in [-0.05, 0) is 54.2 Å². The lowest BCUT2D eigenvalue weighted by atomic mass is 9.44. The summed E-state index contributed by atoms with van der Waals surface area (Å²) in [6.45, 7) is 0. The number of aromatic carboxylic acids is 1. The predicted octanol–water partition coefficient (Wildman–Crippen LogP) is 5.83. The third-order valence-corrected chi connectivity index (χ3v) is 11.4. The molecule has 4 aromatic carbocycles. The normalized spacial score (nSPS) is 26.6. The number of nitrogens with zero attached hydrogens (tertiary/aromatic N) is 1. The summed E-state index contributed by atoms with van der Waals surface area (Å²) in [6, 6.07) is 26.5. The summed E-state index contributed by atoms with van der Waals surface area (Å²) < 4.78 is 5.51. The zero-order chi connectivity index (χ0) is 36.5. The van der Waals surface area contributed by atoms with Crippen LogP contribution in [0.15, 0.2) is 115 Å². The first-order chi connectivity index (χ1) is 25.1. The number of hydrogen-bond acceptors (Lipinski definition) is 8. The van der Waals surface area contributed by atoms with Gasteiger partial charge in [-0.2, -0.15) is 0 Å². The number of aromatic hydroxyl groups is 2. The summed E-state index contributed by atoms with van der Waals surface area (Å²) in [5, 5.41) is 31.7. The van der Waals surface area contributed by atoms with Crippen LogP contribution in [0.5, 0.6) is 17.2 Å². The number of fused-ring (bicyclic) bond motifs is 4. The van der Waals surface area contributed by atoms with Gasteiger partial charge in [0, 0.05) is 29.0 Å². The second kappa shape index (κ2) is 12.2. The molecule has 2 amide bonds. The fourth-order valence-corrected chi connectivity index (χ4v) is 9.25. The Bertz CT molecular complexity index is 2260. The molecule has 2 fully saturated rings. The molecule has 0 unspecified atom stereocenters. The summed E-state index contributed by atoms with van der Waals surface area (Å²) in [4.78, 5) is 71.3. The smallest absolute Gasteiger partial charge is 0.339 e. The predicted molar refractivity (Wildman–Crippen MR) is 189 cm³/mol. The van der Waals surface area contributed by atoms with Crippen molar-refractivity contribution in [3.05, 3.63) is 137 Å². The number of carbonyl (C=O) groups is 5. The Kier molecular flexibility index (Phi) is 7.71. The van der Waals surface area contributed by atoms with Crippen molar-refractivity contribution < 1.29 is 44.0 Å². The number of para-hydroxylation sites is 1. The number of carboxylic acid groups (broad SMARTS) is 1. The van der Waals surface area contributed by atoms with E-state index in [0.29, 0.717) is 22.3 Å². The van der Waals surface area contributed by atoms with Gasteiger partial charge in [0.05, 0.1) is 30.0 Å². The first kappa shape index (κ1) is 32.9. The zero-order valence-corrected chi connectivity index (χ0v) is 27.9. The molecule has 3 aliphatic carbocycles. The molecule has 0 bridgehead atoms. The number of Topliss-reactive ketones (excluding diaryl/α,β-unsaturated/α-hetero) is 1. The van der Waals surface area contributed by atoms with Crippen molar-refractivity contribution >= 4 is 40.6 Å². The van der Waals surface area contributed by atoms with Gasteiger partial charge < -0.3 is 20.1 Å². The van der Waals surface area contributed by atoms with E-state index < -0.39 is 58.5 Å². The molecule has 10 heteroatoms. The van der Waals surface area contributed by atoms with Crippen molar-refractivity contribution in [1.29, 1.82) is 0 Å². The average Bonchev–Trinajstić information content (AvgIpc) is 3.41. The molecule has 4 aliphatic rings. The molecule has 0 spiro atoms. The standard InChI is InChI=1S/C42H33NO9/c1-52-33-14-8-13-28(38(33)47)36-25-17-18-27-35(40(49)43(39(27)48)24-15-16-26(41(50)51)32(44)19-24)30(25)20-31-37(46)29(22-9-4-2-5-10-22)21-34(45)42(31,36)23-11-6-3-7-12-23/h2-17,19,21,27,30-31,35-36,44,47H,18,20H2,1H3,(H,50,51)/t27-,30+,31-,35-,36+,42-/m0/s1. The Morgan fingerprint density at radius 3 is 2.23 bits per heavy atom. The molecule has 6 atom stereocenters. The van der Waals surface area contributed by atoms with E-state index in [1.165, 1.54) is 19.3 Å². The van der Waals surface area contributed by atoms with Crippen LogP contribution in [0.3, 0.4) is 0 Å². The first-order valence-electron chi connectivity index (χ1n) is 17.0. The summed E-state index contributed by atoms with van der Waals surface area (Å²) in [5.41, 5.74) is 0.548. The molecule has 1 saturated heterocycles. The maximum absolute atomic E-state index is 15.1. The molecule has 10 nitrogen and oxygen atoms in total. The highest BCUT2D eigenvalue weighted by molar-refractivity contribution is 6.32. The maximum atomic E-state index is 15.1. The molecule has 1 aliphatic heterocycles. The number of benzene rings is 4. The molecule has 1 heterocycles. The topological polar surface area (TPSA) is 159 Å². The molecule has 52 heavy (non-hydrogen) atoms. The van der Waals surface area contributed by atoms with E-state index in [9.17, 15) is 29.7 Å². The number of imide groups is 1. The van der Waals surface area contributed by atoms with Crippen LogP contribution in [0.1, 0.15) is 45.8 Å². The number of carbonyl (C=O) groups excluding carboxylic acids is 4. The fraction of sp³-hybridized carbons (Fsp3) is 0.214. The number of rotatable bonds is 6. The van der Waals surface area contributed by atoms with E-state index in [1.54, 1.807) is 54.6 Å². The number of methoxy groups -OCH3 is 1. The Morgan fingerprint density at radius 1 is 0.846 bits per heavy atom. The van der Waals surface area contributed by atoms with Gasteiger partial charge in [0.2, 0.25) is 11.8 Å². The van der Waals surface area contributed by atoms with Crippen LogP contribution in [-0.2, 0) is 24.6 Å². The van der Waals surface area contributed by atoms with Crippen molar-refractivity contribution in [1.82, 2.24) is 0 Å². The van der Waals surface area contributed by atoms with Crippen LogP contribution in [0.4, 0.5) is 5.69 Å². The van der Waals surface area contributed by atoms with Crippen molar-refractivity contribution in [3.63, 3.8) is 0 Å². The SMILES string of the molecule is COc1cccc([C@H]2C3=CC[C@@H]4C(=O)N(c5ccc(C(=O)O)c(O)c5)C(=O)[C@@H]4[C@@H]3C[C@H]3C(=O)C(c4ccccc4)=CC(=O)[C@@]23c2ccccc2)c1O. The minimum absolute atomic E-state index is 0.0306. The van der Waals surface area contributed by atoms with Gasteiger partial charge in [0.25, 0.3) is 0 Å². The van der Waals surface area contributed by atoms with Crippen molar-refractivity contribution in [3.8, 4) is 17.2 Å². The molecule has 0 aromatic heterocycles. The molecular weight excluding hydrogens is 662 g/mol. The van der Waals surface area contributed by atoms with Crippen LogP contribution in [0.25, 0.3) is 5.57 Å². The number of amides is 2. The largest absolute Gasteiger partial charge is 0.507 e. The highest BCUT2D eigenvalue weighted by atomic mass is 16.5. The monoisotopic (exact) mass is 695 g/mol. The van der Waals surface area contributed by atoms with E-state index in [4.69, 9.17) is 4.74 Å². The molecule has 8 rings (SSSR count). The summed E-state index contributed by atoms with van der Waals surface area (Å²) >= 11 is 0. The van der Waals surface area contributed by atoms with Gasteiger partial charge in [0.15, 0.2) is 23.1 Å². The van der Waals surface area contributed by atoms with Crippen LogP contribution in [0.2, 0.25) is 0 Å². The van der Waals surface area contributed by atoms with Crippen LogP contribution in [0, 0.1) is 23.7 Å². The maximum Gasteiger partial charge on any atom is 0.339 e. The lowest BCUT2D eigenvalue weighted by Gasteiger charge is -2.55. The molecule has 1 saturated carbocycles. The minimum atomic E-state index is -1.53. The van der Waals surface area contributed by atoms with Gasteiger partial charge in [-0.15, -0.1) is 0 Å². The second-order valence-corrected chi connectivity index (χ2v) is 13.7. The van der Waals surface area contributed by atoms with Crippen LogP contribution in [-0.4, -0.2) is 51.8 Å². The van der Waals surface area contributed by atoms with Gasteiger partial charge in [-0.25, -0.2) is 9.69 Å². The van der Waals surface area contributed by atoms with Crippen LogP contribution >= 0.6 is 0 Å². The van der Waals surface area contributed by atoms with Crippen LogP contribution < -0.4 is 9.64 Å². The average molecular weight is 696 g/mol. The van der Waals surface area contributed by atoms with Crippen molar-refractivity contribution in [2.75, 3.05) is 12.0 Å². The van der Waals surface area contributed by atoms with E-state index in [1.807, 2.05) is 30.3 Å². The van der Waals surface area contributed by atoms with Gasteiger partial charge in [-0.3, -0.25) is 19.2 Å². The molecular formula is C42H33NO9. The quantitative estimate of drug-likeness (QED) is 0.167. The summed E-state index contributed by atoms with van der Waals surface area (Å²) in [5.74, 6) is -8.04. The second-order valence-electron chi connectivity index (χ2n) is 13.7. The first-order valence-corrected chi connectivity index (χ1v) is 17.0. The number of allylic oxidation sites excluding steroid dienone is 4. The molecule has 3 N–H and O–H groups in total. The fourth-order valence-electron chi connectivity index (χ4n) is 9.25. The van der Waals surface area contributed by atoms with E-state index in [2.05, 4.69) is 0 Å². The van der Waals surface area contributed by atoms with Gasteiger partial charge in [-0.1, -0.05) is 84.4 Å². The zero-order valence-electron chi connectivity index (χ0n) is 27.9. The number of hydrogen-bond donors (Lipinski definition) is 3. The number of phenolic OH excluding ortho intramolecular Hbond substituents is 1. The third-order valence-electron chi connectivity index (χ3n) is 11.4. The molecule has 4 aromatic rings. The molecule has 260 valence electrons. The summed E-state index contributed by atoms with van der Waals surface area (Å²) in [7, 11) is 1.42. The van der Waals surface area contributed by atoms with E-state index >= 15 is 9.59 Å². The highest BCUT2D eigenvalue weighted by Gasteiger charge is 2.66. The number of ketones is 2. The third kappa shape index (κ3) is 4.60. The number of phenols is 2. The Balaban J connectivity index is 1.35. The van der Waals surface area contributed by atoms with Crippen molar-refractivity contribution in [2.45, 2.75) is 24.2 Å². The lowest BCUT2D eigenvalue weighted by molar-refractivity contribution is -0.135. The lowest BCUT2D eigenvalue weighted by Crippen LogP contribution is -2.58. The Morgan fingerprint density at radius 2 is 1.56 bits per heavy atom. The number of anilines is 1. The van der Waals surface area contributed by atoms with E-state index in [-0.39, 0.29) is 52.7 Å². The highest BCUT2D eigenvalue weighted by Crippen LogP contribution is 2.65. The van der Waals surface area contributed by atoms with Gasteiger partial charge in [0.1, 0.15) is 11.3 Å². The van der Waals surface area contributed by atoms with Crippen molar-refractivity contribution in [2.24, 2.45) is 23.7 Å². The number of carboxylic acids is 1. The summed E-state index contributed by atoms with van der Waals surface area (Å²) in [6.07, 6.45) is 3.50. The van der Waals surface area contributed by atoms with E-state index in [0.717, 1.165) is 17.0 Å².